The van der Waals surface area contributed by atoms with Gasteiger partial charge in [-0.05, 0) is 92.4 Å². The Morgan fingerprint density at radius 2 is 1.17 bits per heavy atom. The number of hydrogen-bond acceptors (Lipinski definition) is 10. The van der Waals surface area contributed by atoms with Gasteiger partial charge in [0.25, 0.3) is 0 Å². The average molecular weight is 725 g/mol. The molecule has 1 aromatic heterocycles. The highest BCUT2D eigenvalue weighted by atomic mass is 16.5. The van der Waals surface area contributed by atoms with Gasteiger partial charge in [0.1, 0.15) is 53.5 Å². The maximum atomic E-state index is 14.5. The van der Waals surface area contributed by atoms with Crippen LogP contribution in [0.5, 0.6) is 23.0 Å². The summed E-state index contributed by atoms with van der Waals surface area (Å²) < 4.78 is 24.7. The van der Waals surface area contributed by atoms with Crippen LogP contribution < -0.4 is 19.6 Å². The number of aliphatic hydroxyl groups excluding tert-OH is 2. The van der Waals surface area contributed by atoms with Gasteiger partial charge in [-0.25, -0.2) is 0 Å². The van der Waals surface area contributed by atoms with E-state index in [9.17, 15) is 20.1 Å². The number of rotatable bonds is 23. The molecule has 0 radical (unpaired) electrons. The molecule has 2 unspecified atom stereocenters. The molecule has 10 nitrogen and oxygen atoms in total. The molecule has 3 rings (SSSR count). The molecular weight excluding hydrogens is 660 g/mol. The zero-order chi connectivity index (χ0) is 38.4. The van der Waals surface area contributed by atoms with Crippen molar-refractivity contribution >= 4 is 21.9 Å². The first-order chi connectivity index (χ1) is 24.9. The summed E-state index contributed by atoms with van der Waals surface area (Å²) in [5, 5.41) is 34.0. The quantitative estimate of drug-likeness (QED) is 0.0673. The molecule has 52 heavy (non-hydrogen) atoms. The number of ether oxygens (including phenoxy) is 3. The first-order valence-corrected chi connectivity index (χ1v) is 19.1. The summed E-state index contributed by atoms with van der Waals surface area (Å²) >= 11 is 0. The molecule has 10 heteroatoms. The van der Waals surface area contributed by atoms with E-state index in [1.807, 2.05) is 39.8 Å². The fourth-order valence-corrected chi connectivity index (χ4v) is 6.59. The number of phenols is 1. The lowest BCUT2D eigenvalue weighted by atomic mass is 9.98. The van der Waals surface area contributed by atoms with Gasteiger partial charge in [-0.1, -0.05) is 51.0 Å². The fraction of sp³-hybridized carbons (Fsp3) is 0.595. The van der Waals surface area contributed by atoms with Gasteiger partial charge in [0.2, 0.25) is 5.43 Å². The minimum atomic E-state index is -0.757. The van der Waals surface area contributed by atoms with E-state index in [1.165, 1.54) is 7.11 Å². The van der Waals surface area contributed by atoms with Crippen LogP contribution in [0.15, 0.2) is 44.6 Å². The molecular formula is C42H64N2O8. The van der Waals surface area contributed by atoms with Gasteiger partial charge in [0.05, 0.1) is 12.5 Å². The highest BCUT2D eigenvalue weighted by molar-refractivity contribution is 5.98. The van der Waals surface area contributed by atoms with Crippen molar-refractivity contribution in [2.45, 2.75) is 106 Å². The van der Waals surface area contributed by atoms with Crippen LogP contribution in [0.3, 0.4) is 0 Å². The molecule has 2 aromatic carbocycles. The molecule has 290 valence electrons. The summed E-state index contributed by atoms with van der Waals surface area (Å²) in [4.78, 5) is 18.9. The van der Waals surface area contributed by atoms with Crippen molar-refractivity contribution in [2.75, 3.05) is 59.6 Å². The molecule has 0 saturated carbocycles. The molecule has 0 aliphatic carbocycles. The van der Waals surface area contributed by atoms with Gasteiger partial charge in [-0.3, -0.25) is 4.79 Å². The van der Waals surface area contributed by atoms with E-state index in [0.717, 1.165) is 63.0 Å². The van der Waals surface area contributed by atoms with Gasteiger partial charge < -0.3 is 43.7 Å². The van der Waals surface area contributed by atoms with Crippen LogP contribution in [0.4, 0.5) is 0 Å². The first kappa shape index (κ1) is 42.8. The number of benzene rings is 2. The van der Waals surface area contributed by atoms with Gasteiger partial charge in [-0.2, -0.15) is 0 Å². The lowest BCUT2D eigenvalue weighted by Crippen LogP contribution is -2.36. The highest BCUT2D eigenvalue weighted by Gasteiger charge is 2.25. The highest BCUT2D eigenvalue weighted by Crippen LogP contribution is 2.41. The second kappa shape index (κ2) is 21.2. The van der Waals surface area contributed by atoms with Crippen LogP contribution in [-0.4, -0.2) is 96.9 Å². The number of fused-ring (bicyclic) bond motifs is 2. The van der Waals surface area contributed by atoms with Gasteiger partial charge in [-0.15, -0.1) is 0 Å². The topological polar surface area (TPSA) is 125 Å². The molecule has 0 aliphatic rings. The number of phenolic OH excluding ortho intramolecular Hbond substituents is 1. The summed E-state index contributed by atoms with van der Waals surface area (Å²) in [6.45, 7) is 20.9. The van der Waals surface area contributed by atoms with Crippen LogP contribution >= 0.6 is 0 Å². The summed E-state index contributed by atoms with van der Waals surface area (Å²) in [5.74, 6) is 0.844. The Morgan fingerprint density at radius 1 is 0.731 bits per heavy atom. The Bertz CT molecular complexity index is 1690. The Hall–Kier alpha value is -3.57. The number of nitrogens with zero attached hydrogens (tertiary/aromatic N) is 2. The lowest BCUT2D eigenvalue weighted by molar-refractivity contribution is 0.0671. The predicted molar refractivity (Wildman–Crippen MR) is 212 cm³/mol. The standard InChI is InChI=1S/C42H64N2O8/c1-10-18-43(19-11-2)24-30(45)26-50-34-22-36-39(40(47)32(34)16-14-28(5)6)41(48)38-33(17-15-29(7)8)42(49-9)37(23-35(38)52-36)51-27-31(46)25-44(20-12-3)21-13-4/h14-15,22-23,30-31,45-47H,10-13,16-21,24-27H2,1-9H3. The van der Waals surface area contributed by atoms with E-state index in [0.29, 0.717) is 54.3 Å². The van der Waals surface area contributed by atoms with Crippen LogP contribution in [0.25, 0.3) is 21.9 Å². The Balaban J connectivity index is 2.17. The maximum Gasteiger partial charge on any atom is 0.204 e. The Morgan fingerprint density at radius 3 is 1.63 bits per heavy atom. The lowest BCUT2D eigenvalue weighted by Gasteiger charge is -2.25. The average Bonchev–Trinajstić information content (AvgIpc) is 3.08. The van der Waals surface area contributed by atoms with E-state index >= 15 is 0 Å². The van der Waals surface area contributed by atoms with Crippen LogP contribution in [-0.2, 0) is 12.8 Å². The number of aromatic hydroxyl groups is 1. The molecule has 3 aromatic rings. The molecule has 0 saturated heterocycles. The Labute approximate surface area is 310 Å². The van der Waals surface area contributed by atoms with Crippen molar-refractivity contribution in [3.63, 3.8) is 0 Å². The monoisotopic (exact) mass is 724 g/mol. The van der Waals surface area contributed by atoms with Crippen LogP contribution in [0.2, 0.25) is 0 Å². The first-order valence-electron chi connectivity index (χ1n) is 19.1. The van der Waals surface area contributed by atoms with Crippen molar-refractivity contribution in [3.8, 4) is 23.0 Å². The van der Waals surface area contributed by atoms with Crippen LogP contribution in [0.1, 0.15) is 92.2 Å². The molecule has 0 bridgehead atoms. The minimum absolute atomic E-state index is 0.00676. The van der Waals surface area contributed by atoms with Gasteiger partial charge in [0, 0.05) is 36.3 Å². The zero-order valence-corrected chi connectivity index (χ0v) is 33.1. The van der Waals surface area contributed by atoms with Crippen LogP contribution in [0, 0.1) is 0 Å². The zero-order valence-electron chi connectivity index (χ0n) is 33.1. The summed E-state index contributed by atoms with van der Waals surface area (Å²) in [5.41, 5.74) is 3.12. The van der Waals surface area contributed by atoms with E-state index in [-0.39, 0.29) is 40.9 Å². The summed E-state index contributed by atoms with van der Waals surface area (Å²) in [6, 6.07) is 3.25. The van der Waals surface area contributed by atoms with Crippen molar-refractivity contribution in [2.24, 2.45) is 0 Å². The molecule has 0 fully saturated rings. The second-order valence-corrected chi connectivity index (χ2v) is 14.3. The van der Waals surface area contributed by atoms with E-state index in [4.69, 9.17) is 18.6 Å². The van der Waals surface area contributed by atoms with E-state index in [2.05, 4.69) is 37.5 Å². The number of allylic oxidation sites excluding steroid dienone is 4. The minimum Gasteiger partial charge on any atom is -0.507 e. The number of methoxy groups -OCH3 is 1. The van der Waals surface area contributed by atoms with E-state index in [1.54, 1.807) is 12.1 Å². The molecule has 2 atom stereocenters. The number of hydrogen-bond donors (Lipinski definition) is 3. The third-order valence-electron chi connectivity index (χ3n) is 8.90. The largest absolute Gasteiger partial charge is 0.507 e. The van der Waals surface area contributed by atoms with Crippen molar-refractivity contribution in [3.05, 3.63) is 56.8 Å². The van der Waals surface area contributed by atoms with Crippen molar-refractivity contribution in [1.82, 2.24) is 9.80 Å². The Kier molecular flexibility index (Phi) is 17.5. The van der Waals surface area contributed by atoms with Crippen molar-refractivity contribution in [1.29, 1.82) is 0 Å². The predicted octanol–water partition coefficient (Wildman–Crippen LogP) is 7.40. The molecule has 1 heterocycles. The smallest absolute Gasteiger partial charge is 0.204 e. The fourth-order valence-electron chi connectivity index (χ4n) is 6.59. The summed E-state index contributed by atoms with van der Waals surface area (Å²) in [6.07, 6.45) is 7.08. The van der Waals surface area contributed by atoms with Gasteiger partial charge >= 0.3 is 0 Å². The molecule has 0 aliphatic heterocycles. The van der Waals surface area contributed by atoms with Gasteiger partial charge in [0.15, 0.2) is 11.5 Å². The second-order valence-electron chi connectivity index (χ2n) is 14.3. The summed E-state index contributed by atoms with van der Waals surface area (Å²) in [7, 11) is 1.53. The molecule has 0 spiro atoms. The number of aliphatic hydroxyl groups is 2. The SMILES string of the molecule is CCCN(CCC)CC(O)COc1cc2oc3cc(OCC(O)CN(CCC)CCC)c(OC)c(CC=C(C)C)c3c(=O)c2c(O)c1CC=C(C)C. The maximum absolute atomic E-state index is 14.5. The third kappa shape index (κ3) is 11.7. The molecule has 3 N–H and O–H groups in total. The van der Waals surface area contributed by atoms with Crippen molar-refractivity contribution < 1.29 is 33.9 Å². The normalized spacial score (nSPS) is 12.8. The van der Waals surface area contributed by atoms with E-state index < -0.39 is 17.6 Å². The third-order valence-corrected chi connectivity index (χ3v) is 8.90. The molecule has 0 amide bonds.